The zero-order valence-electron chi connectivity index (χ0n) is 20.0. The van der Waals surface area contributed by atoms with Crippen molar-refractivity contribution in [3.8, 4) is 0 Å². The molecule has 0 aliphatic heterocycles. The fourth-order valence-corrected chi connectivity index (χ4v) is 3.45. The fraction of sp³-hybridized carbons (Fsp3) is 0.346. The van der Waals surface area contributed by atoms with E-state index in [4.69, 9.17) is 0 Å². The molecule has 2 aromatic carbocycles. The molecule has 0 radical (unpaired) electrons. The lowest BCUT2D eigenvalue weighted by Crippen LogP contribution is -2.40. The Bertz CT molecular complexity index is 1090. The SMILES string of the molecule is CCCNc1nc(Nc2cccc(F)c2)ncc1CCc1ccccc1CNC(=O)[C@H](C)NC. The molecule has 8 heteroatoms. The predicted octanol–water partition coefficient (Wildman–Crippen LogP) is 4.19. The van der Waals surface area contributed by atoms with E-state index in [1.54, 1.807) is 19.2 Å². The van der Waals surface area contributed by atoms with Crippen LogP contribution in [0, 0.1) is 5.82 Å². The summed E-state index contributed by atoms with van der Waals surface area (Å²) in [6.45, 7) is 5.20. The third kappa shape index (κ3) is 7.25. The highest BCUT2D eigenvalue weighted by molar-refractivity contribution is 5.81. The molecule has 0 spiro atoms. The van der Waals surface area contributed by atoms with Crippen LogP contribution < -0.4 is 21.3 Å². The molecule has 1 heterocycles. The Balaban J connectivity index is 1.71. The first-order valence-electron chi connectivity index (χ1n) is 11.6. The van der Waals surface area contributed by atoms with Crippen LogP contribution in [-0.4, -0.2) is 35.5 Å². The van der Waals surface area contributed by atoms with Crippen LogP contribution >= 0.6 is 0 Å². The minimum atomic E-state index is -0.318. The van der Waals surface area contributed by atoms with Crippen molar-refractivity contribution in [1.82, 2.24) is 20.6 Å². The monoisotopic (exact) mass is 464 g/mol. The molecule has 1 aromatic heterocycles. The second-order valence-electron chi connectivity index (χ2n) is 8.13. The first-order chi connectivity index (χ1) is 16.5. The third-order valence-corrected chi connectivity index (χ3v) is 5.55. The molecular formula is C26H33FN6O. The number of aromatic nitrogens is 2. The number of carbonyl (C=O) groups excluding carboxylic acids is 1. The Labute approximate surface area is 200 Å². The summed E-state index contributed by atoms with van der Waals surface area (Å²) >= 11 is 0. The van der Waals surface area contributed by atoms with Crippen LogP contribution in [0.3, 0.4) is 0 Å². The van der Waals surface area contributed by atoms with E-state index in [9.17, 15) is 9.18 Å². The van der Waals surface area contributed by atoms with Crippen molar-refractivity contribution in [2.24, 2.45) is 0 Å². The molecule has 3 aromatic rings. The van der Waals surface area contributed by atoms with Gasteiger partial charge in [-0.15, -0.1) is 0 Å². The Kier molecular flexibility index (Phi) is 9.34. The predicted molar refractivity (Wildman–Crippen MR) is 135 cm³/mol. The van der Waals surface area contributed by atoms with Crippen molar-refractivity contribution in [2.45, 2.75) is 45.7 Å². The van der Waals surface area contributed by atoms with Gasteiger partial charge in [0.2, 0.25) is 11.9 Å². The number of nitrogens with one attached hydrogen (secondary N) is 4. The summed E-state index contributed by atoms with van der Waals surface area (Å²) in [5.74, 6) is 0.832. The minimum Gasteiger partial charge on any atom is -0.370 e. The lowest BCUT2D eigenvalue weighted by Gasteiger charge is -2.15. The molecule has 0 bridgehead atoms. The van der Waals surface area contributed by atoms with E-state index < -0.39 is 0 Å². The van der Waals surface area contributed by atoms with Gasteiger partial charge in [0.25, 0.3) is 0 Å². The molecule has 34 heavy (non-hydrogen) atoms. The van der Waals surface area contributed by atoms with Crippen LogP contribution in [0.2, 0.25) is 0 Å². The summed E-state index contributed by atoms with van der Waals surface area (Å²) in [5, 5.41) is 12.4. The summed E-state index contributed by atoms with van der Waals surface area (Å²) in [6, 6.07) is 14.1. The maximum atomic E-state index is 13.5. The number of benzene rings is 2. The summed E-state index contributed by atoms with van der Waals surface area (Å²) in [7, 11) is 1.77. The lowest BCUT2D eigenvalue weighted by atomic mass is 10.0. The van der Waals surface area contributed by atoms with E-state index in [2.05, 4.69) is 44.2 Å². The van der Waals surface area contributed by atoms with Crippen molar-refractivity contribution in [2.75, 3.05) is 24.2 Å². The molecule has 0 aliphatic rings. The first-order valence-corrected chi connectivity index (χ1v) is 11.6. The topological polar surface area (TPSA) is 91.0 Å². The zero-order valence-corrected chi connectivity index (χ0v) is 20.0. The molecule has 7 nitrogen and oxygen atoms in total. The number of nitrogens with zero attached hydrogens (tertiary/aromatic N) is 2. The van der Waals surface area contributed by atoms with E-state index in [0.717, 1.165) is 42.8 Å². The molecule has 0 aliphatic carbocycles. The largest absolute Gasteiger partial charge is 0.370 e. The highest BCUT2D eigenvalue weighted by Gasteiger charge is 2.12. The van der Waals surface area contributed by atoms with Gasteiger partial charge in [0.05, 0.1) is 6.04 Å². The number of hydrogen-bond donors (Lipinski definition) is 4. The maximum Gasteiger partial charge on any atom is 0.237 e. The molecule has 180 valence electrons. The highest BCUT2D eigenvalue weighted by Crippen LogP contribution is 2.21. The van der Waals surface area contributed by atoms with Gasteiger partial charge in [-0.05, 0) is 62.6 Å². The van der Waals surface area contributed by atoms with E-state index in [0.29, 0.717) is 18.2 Å². The molecular weight excluding hydrogens is 431 g/mol. The minimum absolute atomic E-state index is 0.0295. The average Bonchev–Trinajstić information content (AvgIpc) is 2.85. The Morgan fingerprint density at radius 3 is 2.56 bits per heavy atom. The van der Waals surface area contributed by atoms with Gasteiger partial charge in [-0.2, -0.15) is 4.98 Å². The van der Waals surface area contributed by atoms with Gasteiger partial charge in [-0.25, -0.2) is 9.37 Å². The van der Waals surface area contributed by atoms with Crippen molar-refractivity contribution < 1.29 is 9.18 Å². The van der Waals surface area contributed by atoms with Crippen molar-refractivity contribution in [3.63, 3.8) is 0 Å². The quantitative estimate of drug-likeness (QED) is 0.321. The molecule has 4 N–H and O–H groups in total. The van der Waals surface area contributed by atoms with Gasteiger partial charge in [0.1, 0.15) is 11.6 Å². The highest BCUT2D eigenvalue weighted by atomic mass is 19.1. The molecule has 0 saturated heterocycles. The van der Waals surface area contributed by atoms with Crippen LogP contribution in [0.1, 0.15) is 37.0 Å². The number of aryl methyl sites for hydroxylation is 2. The van der Waals surface area contributed by atoms with Gasteiger partial charge in [-0.1, -0.05) is 37.3 Å². The van der Waals surface area contributed by atoms with E-state index in [-0.39, 0.29) is 17.8 Å². The molecule has 3 rings (SSSR count). The van der Waals surface area contributed by atoms with Gasteiger partial charge >= 0.3 is 0 Å². The lowest BCUT2D eigenvalue weighted by molar-refractivity contribution is -0.122. The van der Waals surface area contributed by atoms with Gasteiger partial charge in [0.15, 0.2) is 0 Å². The standard InChI is InChI=1S/C26H33FN6O/c1-4-14-29-24-21(17-31-26(33-24)32-23-11-7-10-22(27)15-23)13-12-19-8-5-6-9-20(19)16-30-25(34)18(2)28-3/h5-11,15,17-18,28H,4,12-14,16H2,1-3H3,(H,30,34)(H2,29,31,32,33)/t18-/m0/s1. The number of anilines is 3. The van der Waals surface area contributed by atoms with Crippen molar-refractivity contribution in [1.29, 1.82) is 0 Å². The Morgan fingerprint density at radius 2 is 1.82 bits per heavy atom. The number of carbonyl (C=O) groups is 1. The second kappa shape index (κ2) is 12.6. The Hall–Kier alpha value is -3.52. The molecule has 0 saturated carbocycles. The number of halogens is 1. The van der Waals surface area contributed by atoms with Crippen LogP contribution in [0.25, 0.3) is 0 Å². The molecule has 0 unspecified atom stereocenters. The van der Waals surface area contributed by atoms with E-state index in [1.807, 2.05) is 31.3 Å². The average molecular weight is 465 g/mol. The summed E-state index contributed by atoms with van der Waals surface area (Å²) in [6.07, 6.45) is 4.30. The number of rotatable bonds is 12. The smallest absolute Gasteiger partial charge is 0.237 e. The molecule has 1 atom stereocenters. The van der Waals surface area contributed by atoms with Gasteiger partial charge in [0, 0.05) is 30.5 Å². The van der Waals surface area contributed by atoms with E-state index >= 15 is 0 Å². The van der Waals surface area contributed by atoms with Crippen molar-refractivity contribution in [3.05, 3.63) is 77.2 Å². The summed E-state index contributed by atoms with van der Waals surface area (Å²) in [5.41, 5.74) is 3.86. The second-order valence-corrected chi connectivity index (χ2v) is 8.13. The summed E-state index contributed by atoms with van der Waals surface area (Å²) in [4.78, 5) is 21.2. The Morgan fingerprint density at radius 1 is 1.06 bits per heavy atom. The number of likely N-dealkylation sites (N-methyl/N-ethyl adjacent to an activating group) is 1. The fourth-order valence-electron chi connectivity index (χ4n) is 3.45. The van der Waals surface area contributed by atoms with Crippen LogP contribution in [-0.2, 0) is 24.2 Å². The van der Waals surface area contributed by atoms with Crippen molar-refractivity contribution >= 4 is 23.4 Å². The molecule has 0 fully saturated rings. The zero-order chi connectivity index (χ0) is 24.3. The van der Waals surface area contributed by atoms with Crippen LogP contribution in [0.5, 0.6) is 0 Å². The molecule has 1 amide bonds. The van der Waals surface area contributed by atoms with Gasteiger partial charge < -0.3 is 21.3 Å². The van der Waals surface area contributed by atoms with Gasteiger partial charge in [-0.3, -0.25) is 4.79 Å². The maximum absolute atomic E-state index is 13.5. The third-order valence-electron chi connectivity index (χ3n) is 5.55. The van der Waals surface area contributed by atoms with E-state index in [1.165, 1.54) is 17.7 Å². The number of amides is 1. The van der Waals surface area contributed by atoms with Crippen LogP contribution in [0.4, 0.5) is 21.8 Å². The first kappa shape index (κ1) is 25.1. The normalized spacial score (nSPS) is 11.6. The summed E-state index contributed by atoms with van der Waals surface area (Å²) < 4.78 is 13.5. The van der Waals surface area contributed by atoms with Crippen LogP contribution in [0.15, 0.2) is 54.7 Å². The number of hydrogen-bond acceptors (Lipinski definition) is 6.